The minimum absolute atomic E-state index is 0.989. The Labute approximate surface area is 380 Å². The van der Waals surface area contributed by atoms with Gasteiger partial charge in [-0.15, -0.1) is 11.3 Å². The lowest BCUT2D eigenvalue weighted by molar-refractivity contribution is 1.08. The molecule has 13 aromatic rings. The van der Waals surface area contributed by atoms with E-state index in [1.54, 1.807) is 0 Å². The zero-order chi connectivity index (χ0) is 43.0. The third-order valence-electron chi connectivity index (χ3n) is 13.1. The van der Waals surface area contributed by atoms with E-state index in [9.17, 15) is 0 Å². The van der Waals surface area contributed by atoms with Crippen molar-refractivity contribution in [3.63, 3.8) is 0 Å². The highest BCUT2D eigenvalue weighted by Gasteiger charge is 2.21. The van der Waals surface area contributed by atoms with Crippen LogP contribution in [-0.2, 0) is 0 Å². The van der Waals surface area contributed by atoms with E-state index < -0.39 is 0 Å². The number of para-hydroxylation sites is 2. The molecular weight excluding hydrogens is 809 g/mol. The summed E-state index contributed by atoms with van der Waals surface area (Å²) >= 11 is 1.85. The summed E-state index contributed by atoms with van der Waals surface area (Å²) in [5.41, 5.74) is 16.0. The molecule has 0 atom stereocenters. The first kappa shape index (κ1) is 37.3. The van der Waals surface area contributed by atoms with Crippen molar-refractivity contribution in [1.29, 1.82) is 0 Å². The molecule has 65 heavy (non-hydrogen) atoms. The van der Waals surface area contributed by atoms with E-state index >= 15 is 0 Å². The number of fused-ring (bicyclic) bond motifs is 9. The molecule has 5 heteroatoms. The smallest absolute Gasteiger partial charge is 0.0674 e. The van der Waals surface area contributed by atoms with E-state index in [-0.39, 0.29) is 0 Å². The maximum atomic E-state index is 4.75. The van der Waals surface area contributed by atoms with Crippen LogP contribution in [0.3, 0.4) is 0 Å². The van der Waals surface area contributed by atoms with Gasteiger partial charge in [-0.05, 0) is 126 Å². The summed E-state index contributed by atoms with van der Waals surface area (Å²) in [5, 5.41) is 7.47. The van der Waals surface area contributed by atoms with E-state index in [2.05, 4.69) is 233 Å². The third kappa shape index (κ3) is 6.08. The molecule has 0 fully saturated rings. The number of aromatic nitrogens is 3. The second-order valence-electron chi connectivity index (χ2n) is 16.8. The van der Waals surface area contributed by atoms with Crippen LogP contribution in [0.15, 0.2) is 225 Å². The summed E-state index contributed by atoms with van der Waals surface area (Å²) < 4.78 is 7.40. The number of rotatable bonds is 7. The van der Waals surface area contributed by atoms with Crippen LogP contribution in [0.25, 0.3) is 97.4 Å². The van der Waals surface area contributed by atoms with Crippen LogP contribution in [0.5, 0.6) is 0 Å². The standard InChI is InChI=1S/C60H40N4S/c1-39-54(20-12-34-61-39)64-56-33-26-43(35-51(56)53-38-57-52(37-58(53)64)48-17-8-10-19-55(48)63(57)44-15-6-3-7-16-44)42-24-29-46(30-25-42)62(45-27-22-41(23-28-45)40-13-4-2-5-14-40)47-31-32-50-49-18-9-11-21-59(49)65-60(50)36-47/h2-38H,1H3. The summed E-state index contributed by atoms with van der Waals surface area (Å²) in [5.74, 6) is 0. The molecule has 4 heterocycles. The van der Waals surface area contributed by atoms with Crippen LogP contribution < -0.4 is 4.90 Å². The van der Waals surface area contributed by atoms with Crippen LogP contribution in [0.2, 0.25) is 0 Å². The first-order chi connectivity index (χ1) is 32.1. The van der Waals surface area contributed by atoms with Crippen molar-refractivity contribution < 1.29 is 0 Å². The van der Waals surface area contributed by atoms with E-state index in [1.165, 1.54) is 69.4 Å². The molecule has 0 amide bonds. The fourth-order valence-electron chi connectivity index (χ4n) is 10.0. The highest BCUT2D eigenvalue weighted by molar-refractivity contribution is 7.25. The maximum Gasteiger partial charge on any atom is 0.0674 e. The van der Waals surface area contributed by atoms with Crippen LogP contribution in [-0.4, -0.2) is 14.1 Å². The molecule has 0 N–H and O–H groups in total. The Morgan fingerprint density at radius 2 is 0.923 bits per heavy atom. The highest BCUT2D eigenvalue weighted by atomic mass is 32.1. The fraction of sp³-hybridized carbons (Fsp3) is 0.0167. The van der Waals surface area contributed by atoms with E-state index in [1.807, 2.05) is 23.6 Å². The SMILES string of the molecule is Cc1ncccc1-n1c2ccc(-c3ccc(N(c4ccc(-c5ccccc5)cc4)c4ccc5c(c4)sc4ccccc45)cc3)cc2c2cc3c(cc21)c1ccccc1n3-c1ccccc1. The Kier molecular flexibility index (Phi) is 8.58. The Morgan fingerprint density at radius 3 is 1.68 bits per heavy atom. The van der Waals surface area contributed by atoms with Gasteiger partial charge < -0.3 is 14.0 Å². The zero-order valence-electron chi connectivity index (χ0n) is 35.6. The fourth-order valence-corrected chi connectivity index (χ4v) is 11.2. The number of thiophene rings is 1. The highest BCUT2D eigenvalue weighted by Crippen LogP contribution is 2.44. The molecule has 306 valence electrons. The summed E-state index contributed by atoms with van der Waals surface area (Å²) in [6, 6.07) is 79.7. The average molecular weight is 849 g/mol. The third-order valence-corrected chi connectivity index (χ3v) is 14.2. The molecule has 0 aliphatic rings. The predicted octanol–water partition coefficient (Wildman–Crippen LogP) is 16.8. The Balaban J connectivity index is 0.966. The zero-order valence-corrected chi connectivity index (χ0v) is 36.4. The summed E-state index contributed by atoms with van der Waals surface area (Å²) in [6.45, 7) is 2.10. The minimum Gasteiger partial charge on any atom is -0.310 e. The molecule has 0 unspecified atom stereocenters. The predicted molar refractivity (Wildman–Crippen MR) is 276 cm³/mol. The second-order valence-corrected chi connectivity index (χ2v) is 17.9. The topological polar surface area (TPSA) is 26.0 Å². The van der Waals surface area contributed by atoms with Gasteiger partial charge in [-0.3, -0.25) is 4.98 Å². The molecule has 13 rings (SSSR count). The van der Waals surface area contributed by atoms with Crippen LogP contribution in [0.4, 0.5) is 17.1 Å². The van der Waals surface area contributed by atoms with Crippen molar-refractivity contribution in [2.75, 3.05) is 4.90 Å². The first-order valence-electron chi connectivity index (χ1n) is 22.1. The van der Waals surface area contributed by atoms with Crippen molar-refractivity contribution in [2.45, 2.75) is 6.92 Å². The van der Waals surface area contributed by atoms with Gasteiger partial charge in [-0.2, -0.15) is 0 Å². The number of aryl methyl sites for hydroxylation is 1. The molecule has 4 nitrogen and oxygen atoms in total. The van der Waals surface area contributed by atoms with Gasteiger partial charge in [0.25, 0.3) is 0 Å². The van der Waals surface area contributed by atoms with Crippen molar-refractivity contribution in [1.82, 2.24) is 14.1 Å². The van der Waals surface area contributed by atoms with E-state index in [0.717, 1.165) is 50.7 Å². The number of anilines is 3. The van der Waals surface area contributed by atoms with E-state index in [4.69, 9.17) is 4.98 Å². The van der Waals surface area contributed by atoms with Gasteiger partial charge in [0.05, 0.1) is 33.4 Å². The lowest BCUT2D eigenvalue weighted by atomic mass is 10.0. The summed E-state index contributed by atoms with van der Waals surface area (Å²) in [6.07, 6.45) is 1.88. The monoisotopic (exact) mass is 848 g/mol. The maximum absolute atomic E-state index is 4.75. The second kappa shape index (κ2) is 14.9. The van der Waals surface area contributed by atoms with Crippen molar-refractivity contribution >= 4 is 92.2 Å². The normalized spacial score (nSPS) is 11.8. The van der Waals surface area contributed by atoms with Gasteiger partial charge in [0.1, 0.15) is 0 Å². The van der Waals surface area contributed by atoms with Crippen LogP contribution >= 0.6 is 11.3 Å². The molecule has 0 aliphatic heterocycles. The molecule has 0 saturated carbocycles. The van der Waals surface area contributed by atoms with Crippen LogP contribution in [0.1, 0.15) is 5.69 Å². The van der Waals surface area contributed by atoms with Gasteiger partial charge in [-0.25, -0.2) is 0 Å². The molecular formula is C60H40N4S. The van der Waals surface area contributed by atoms with Crippen molar-refractivity contribution in [3.8, 4) is 33.6 Å². The molecule has 0 saturated heterocycles. The van der Waals surface area contributed by atoms with E-state index in [0.29, 0.717) is 0 Å². The summed E-state index contributed by atoms with van der Waals surface area (Å²) in [7, 11) is 0. The summed E-state index contributed by atoms with van der Waals surface area (Å²) in [4.78, 5) is 7.13. The Hall–Kier alpha value is -8.25. The molecule has 0 aliphatic carbocycles. The van der Waals surface area contributed by atoms with Gasteiger partial charge in [-0.1, -0.05) is 121 Å². The number of hydrogen-bond acceptors (Lipinski definition) is 3. The Morgan fingerprint density at radius 1 is 0.369 bits per heavy atom. The lowest BCUT2D eigenvalue weighted by Gasteiger charge is -2.26. The molecule has 0 bridgehead atoms. The van der Waals surface area contributed by atoms with Gasteiger partial charge in [0.15, 0.2) is 0 Å². The number of benzene rings is 9. The molecule has 9 aromatic carbocycles. The molecule has 0 spiro atoms. The van der Waals surface area contributed by atoms with Gasteiger partial charge in [0, 0.05) is 70.7 Å². The average Bonchev–Trinajstić information content (AvgIpc) is 4.01. The lowest BCUT2D eigenvalue weighted by Crippen LogP contribution is -2.09. The Bertz CT molecular complexity index is 3940. The number of nitrogens with zero attached hydrogens (tertiary/aromatic N) is 4. The largest absolute Gasteiger partial charge is 0.310 e. The molecule has 0 radical (unpaired) electrons. The number of pyridine rings is 1. The first-order valence-corrected chi connectivity index (χ1v) is 22.9. The van der Waals surface area contributed by atoms with Crippen LogP contribution in [0, 0.1) is 6.92 Å². The molecule has 4 aromatic heterocycles. The minimum atomic E-state index is 0.989. The van der Waals surface area contributed by atoms with Gasteiger partial charge in [0.2, 0.25) is 0 Å². The van der Waals surface area contributed by atoms with Gasteiger partial charge >= 0.3 is 0 Å². The quantitative estimate of drug-likeness (QED) is 0.160. The van der Waals surface area contributed by atoms with Crippen molar-refractivity contribution in [2.24, 2.45) is 0 Å². The number of hydrogen-bond donors (Lipinski definition) is 0. The van der Waals surface area contributed by atoms with Crippen molar-refractivity contribution in [3.05, 3.63) is 230 Å².